The van der Waals surface area contributed by atoms with Crippen LogP contribution in [0.15, 0.2) is 71.5 Å². The highest BCUT2D eigenvalue weighted by molar-refractivity contribution is 5.78. The molecule has 3 aromatic carbocycles. The standard InChI is InChI=1S/C36H43F4N5O5/c1-35(2,3)50-34(48)41-18-17-30(44(20-19-43(4)5)31(46)22-23-11-16-27(28(37)21-23)36(38,39)40)32-42-29-10-8-7-9-26(29)33(47)45(32)24-12-14-25(49-6)15-13-24/h7-16,21,30-31,46H,17-20,22H2,1-6H3,(H,41,48). The number of halogens is 4. The maximum atomic E-state index is 14.6. The Morgan fingerprint density at radius 2 is 1.70 bits per heavy atom. The first-order valence-corrected chi connectivity index (χ1v) is 16.1. The fourth-order valence-electron chi connectivity index (χ4n) is 5.49. The number of para-hydroxylation sites is 1. The Morgan fingerprint density at radius 3 is 2.30 bits per heavy atom. The van der Waals surface area contributed by atoms with Crippen molar-refractivity contribution < 1.29 is 36.9 Å². The van der Waals surface area contributed by atoms with Gasteiger partial charge < -0.3 is 24.8 Å². The summed E-state index contributed by atoms with van der Waals surface area (Å²) in [6.07, 6.45) is -7.07. The predicted molar refractivity (Wildman–Crippen MR) is 182 cm³/mol. The summed E-state index contributed by atoms with van der Waals surface area (Å²) in [5, 5.41) is 14.9. The molecule has 2 N–H and O–H groups in total. The van der Waals surface area contributed by atoms with Crippen LogP contribution in [0.3, 0.4) is 0 Å². The Kier molecular flexibility index (Phi) is 12.2. The number of aliphatic hydroxyl groups is 1. The highest BCUT2D eigenvalue weighted by Gasteiger charge is 2.35. The molecule has 0 fully saturated rings. The molecule has 0 saturated carbocycles. The minimum Gasteiger partial charge on any atom is -0.497 e. The van der Waals surface area contributed by atoms with Crippen LogP contribution in [0.1, 0.15) is 50.2 Å². The van der Waals surface area contributed by atoms with E-state index < -0.39 is 41.5 Å². The second-order valence-corrected chi connectivity index (χ2v) is 13.1. The van der Waals surface area contributed by atoms with Gasteiger partial charge in [0.25, 0.3) is 5.56 Å². The molecule has 270 valence electrons. The molecule has 0 saturated heterocycles. The normalized spacial score (nSPS) is 13.5. The second kappa shape index (κ2) is 16.0. The van der Waals surface area contributed by atoms with E-state index in [0.717, 1.165) is 12.1 Å². The largest absolute Gasteiger partial charge is 0.497 e. The van der Waals surface area contributed by atoms with Crippen LogP contribution in [0.25, 0.3) is 16.6 Å². The Hall–Kier alpha value is -4.53. The van der Waals surface area contributed by atoms with Crippen LogP contribution in [0, 0.1) is 5.82 Å². The van der Waals surface area contributed by atoms with Crippen molar-refractivity contribution in [1.82, 2.24) is 24.7 Å². The van der Waals surface area contributed by atoms with Crippen molar-refractivity contribution in [1.29, 1.82) is 0 Å². The lowest BCUT2D eigenvalue weighted by molar-refractivity contribution is -0.140. The highest BCUT2D eigenvalue weighted by Crippen LogP contribution is 2.33. The molecule has 2 unspecified atom stereocenters. The van der Waals surface area contributed by atoms with E-state index in [1.54, 1.807) is 74.2 Å². The third-order valence-corrected chi connectivity index (χ3v) is 7.86. The molecule has 0 aliphatic carbocycles. The van der Waals surface area contributed by atoms with Crippen molar-refractivity contribution in [3.05, 3.63) is 99.9 Å². The van der Waals surface area contributed by atoms with Gasteiger partial charge in [-0.05, 0) is 95.4 Å². The van der Waals surface area contributed by atoms with Gasteiger partial charge in [-0.1, -0.05) is 18.2 Å². The summed E-state index contributed by atoms with van der Waals surface area (Å²) >= 11 is 0. The van der Waals surface area contributed by atoms with E-state index in [9.17, 15) is 32.3 Å². The van der Waals surface area contributed by atoms with Crippen molar-refractivity contribution in [2.45, 2.75) is 57.7 Å². The number of hydrogen-bond donors (Lipinski definition) is 2. The lowest BCUT2D eigenvalue weighted by Crippen LogP contribution is -2.46. The van der Waals surface area contributed by atoms with Gasteiger partial charge in [0.1, 0.15) is 29.2 Å². The van der Waals surface area contributed by atoms with Crippen molar-refractivity contribution in [2.75, 3.05) is 40.8 Å². The van der Waals surface area contributed by atoms with Crippen LogP contribution in [0.4, 0.5) is 22.4 Å². The van der Waals surface area contributed by atoms with E-state index in [4.69, 9.17) is 14.5 Å². The van der Waals surface area contributed by atoms with E-state index >= 15 is 0 Å². The molecule has 0 spiro atoms. The van der Waals surface area contributed by atoms with Crippen LogP contribution in [0.5, 0.6) is 5.75 Å². The molecule has 4 rings (SSSR count). The number of aliphatic hydroxyl groups excluding tert-OH is 1. The van der Waals surface area contributed by atoms with E-state index in [2.05, 4.69) is 5.32 Å². The molecule has 1 amide bonds. The fraction of sp³-hybridized carbons (Fsp3) is 0.417. The van der Waals surface area contributed by atoms with E-state index in [1.165, 1.54) is 11.7 Å². The third kappa shape index (κ3) is 9.79. The van der Waals surface area contributed by atoms with E-state index in [-0.39, 0.29) is 42.9 Å². The molecule has 4 aromatic rings. The number of aromatic nitrogens is 2. The fourth-order valence-corrected chi connectivity index (χ4v) is 5.49. The van der Waals surface area contributed by atoms with Gasteiger partial charge in [-0.2, -0.15) is 13.2 Å². The zero-order chi connectivity index (χ0) is 36.8. The molecule has 0 aliphatic heterocycles. The van der Waals surface area contributed by atoms with Gasteiger partial charge in [0, 0.05) is 26.1 Å². The minimum absolute atomic E-state index is 0.0327. The van der Waals surface area contributed by atoms with Gasteiger partial charge in [-0.15, -0.1) is 0 Å². The lowest BCUT2D eigenvalue weighted by Gasteiger charge is -2.37. The Labute approximate surface area is 288 Å². The van der Waals surface area contributed by atoms with Crippen molar-refractivity contribution in [3.63, 3.8) is 0 Å². The number of carbonyl (C=O) groups is 1. The molecule has 0 bridgehead atoms. The van der Waals surface area contributed by atoms with Crippen LogP contribution in [-0.2, 0) is 17.3 Å². The number of rotatable bonds is 13. The molecule has 10 nitrogen and oxygen atoms in total. The average molecular weight is 702 g/mol. The average Bonchev–Trinajstić information content (AvgIpc) is 3.02. The van der Waals surface area contributed by atoms with E-state index in [1.807, 2.05) is 19.0 Å². The number of methoxy groups -OCH3 is 1. The first kappa shape index (κ1) is 38.3. The van der Waals surface area contributed by atoms with Gasteiger partial charge in [-0.25, -0.2) is 14.2 Å². The molecule has 2 atom stereocenters. The number of nitrogens with zero attached hydrogens (tertiary/aromatic N) is 4. The SMILES string of the molecule is COc1ccc(-n2c(C(CCNC(=O)OC(C)(C)C)N(CCN(C)C)C(O)Cc3ccc(C(F)(F)F)c(F)c3)nc3ccccc3c2=O)cc1. The molecule has 0 aliphatic rings. The summed E-state index contributed by atoms with van der Waals surface area (Å²) in [4.78, 5) is 35.3. The number of hydrogen-bond acceptors (Lipinski definition) is 8. The summed E-state index contributed by atoms with van der Waals surface area (Å²) in [6, 6.07) is 15.3. The number of alkyl halides is 3. The molecule has 0 radical (unpaired) electrons. The monoisotopic (exact) mass is 701 g/mol. The van der Waals surface area contributed by atoms with Crippen LogP contribution in [-0.4, -0.2) is 83.2 Å². The number of benzene rings is 3. The number of fused-ring (bicyclic) bond motifs is 1. The summed E-state index contributed by atoms with van der Waals surface area (Å²) in [5.41, 5.74) is -1.57. The number of alkyl carbamates (subject to hydrolysis) is 1. The first-order valence-electron chi connectivity index (χ1n) is 16.1. The number of ether oxygens (including phenoxy) is 2. The van der Waals surface area contributed by atoms with E-state index in [0.29, 0.717) is 35.0 Å². The molecule has 50 heavy (non-hydrogen) atoms. The third-order valence-electron chi connectivity index (χ3n) is 7.86. The Balaban J connectivity index is 1.87. The number of carbonyl (C=O) groups excluding carboxylic acids is 1. The Bertz CT molecular complexity index is 1820. The summed E-state index contributed by atoms with van der Waals surface area (Å²) < 4.78 is 66.6. The van der Waals surface area contributed by atoms with Crippen LogP contribution < -0.4 is 15.6 Å². The molecular weight excluding hydrogens is 658 g/mol. The summed E-state index contributed by atoms with van der Waals surface area (Å²) in [7, 11) is 5.18. The molecular formula is C36H43F4N5O5. The highest BCUT2D eigenvalue weighted by atomic mass is 19.4. The van der Waals surface area contributed by atoms with Gasteiger partial charge in [0.2, 0.25) is 0 Å². The number of amides is 1. The van der Waals surface area contributed by atoms with Crippen molar-refractivity contribution in [2.24, 2.45) is 0 Å². The predicted octanol–water partition coefficient (Wildman–Crippen LogP) is 5.93. The topological polar surface area (TPSA) is 109 Å². The van der Waals surface area contributed by atoms with Crippen LogP contribution >= 0.6 is 0 Å². The van der Waals surface area contributed by atoms with Gasteiger partial charge in [-0.3, -0.25) is 14.3 Å². The zero-order valence-corrected chi connectivity index (χ0v) is 28.9. The maximum absolute atomic E-state index is 14.6. The molecule has 14 heteroatoms. The number of nitrogens with one attached hydrogen (secondary N) is 1. The molecule has 1 aromatic heterocycles. The van der Waals surface area contributed by atoms with Gasteiger partial charge in [0.15, 0.2) is 0 Å². The van der Waals surface area contributed by atoms with Crippen molar-refractivity contribution in [3.8, 4) is 11.4 Å². The quantitative estimate of drug-likeness (QED) is 0.131. The molecule has 1 heterocycles. The first-order chi connectivity index (χ1) is 23.5. The smallest absolute Gasteiger partial charge is 0.419 e. The maximum Gasteiger partial charge on any atom is 0.419 e. The minimum atomic E-state index is -4.88. The second-order valence-electron chi connectivity index (χ2n) is 13.1. The van der Waals surface area contributed by atoms with Crippen molar-refractivity contribution >= 4 is 17.0 Å². The lowest BCUT2D eigenvalue weighted by atomic mass is 10.0. The zero-order valence-electron chi connectivity index (χ0n) is 28.9. The van der Waals surface area contributed by atoms with Gasteiger partial charge in [0.05, 0.1) is 35.3 Å². The number of likely N-dealkylation sites (N-methyl/N-ethyl adjacent to an activating group) is 1. The van der Waals surface area contributed by atoms with Crippen LogP contribution in [0.2, 0.25) is 0 Å². The van der Waals surface area contributed by atoms with Gasteiger partial charge >= 0.3 is 12.3 Å². The summed E-state index contributed by atoms with van der Waals surface area (Å²) in [5.74, 6) is -0.659. The Morgan fingerprint density at radius 1 is 1.02 bits per heavy atom. The summed E-state index contributed by atoms with van der Waals surface area (Å²) in [6.45, 7) is 5.82.